The molecule has 0 radical (unpaired) electrons. The molecule has 2 aliphatic heterocycles. The molecule has 5 aromatic rings. The molecular formula is C45H54F2N10O5. The Labute approximate surface area is 357 Å². The number of imide groups is 1. The number of anilines is 1. The summed E-state index contributed by atoms with van der Waals surface area (Å²) in [6, 6.07) is 9.37. The average molecular weight is 853 g/mol. The van der Waals surface area contributed by atoms with Gasteiger partial charge < -0.3 is 14.6 Å². The van der Waals surface area contributed by atoms with Gasteiger partial charge in [-0.3, -0.25) is 43.4 Å². The molecule has 3 amide bonds. The minimum Gasteiger partial charge on any atom is -0.444 e. The summed E-state index contributed by atoms with van der Waals surface area (Å²) in [7, 11) is 3.92. The quantitative estimate of drug-likeness (QED) is 0.119. The number of benzene rings is 1. The third-order valence-corrected chi connectivity index (χ3v) is 13.5. The molecular weight excluding hydrogens is 799 g/mol. The van der Waals surface area contributed by atoms with Gasteiger partial charge in [0.15, 0.2) is 11.4 Å². The van der Waals surface area contributed by atoms with Crippen LogP contribution in [0.15, 0.2) is 58.2 Å². The van der Waals surface area contributed by atoms with Crippen LogP contribution in [-0.4, -0.2) is 89.1 Å². The fraction of sp³-hybridized carbons (Fsp3) is 0.533. The molecule has 2 N–H and O–H groups in total. The van der Waals surface area contributed by atoms with E-state index in [0.29, 0.717) is 29.5 Å². The topological polar surface area (TPSA) is 165 Å². The first-order chi connectivity index (χ1) is 30.0. The maximum Gasteiger partial charge on any atom is 0.329 e. The van der Waals surface area contributed by atoms with Gasteiger partial charge in [0, 0.05) is 56.3 Å². The number of oxazole rings is 1. The first-order valence-electron chi connectivity index (χ1n) is 22.0. The number of alkyl halides is 2. The Balaban J connectivity index is 0.747. The van der Waals surface area contributed by atoms with Crippen LogP contribution in [0.4, 0.5) is 14.5 Å². The minimum absolute atomic E-state index is 0.00736. The second-order valence-electron chi connectivity index (χ2n) is 17.8. The molecule has 2 saturated carbocycles. The largest absolute Gasteiger partial charge is 0.444 e. The van der Waals surface area contributed by atoms with Crippen LogP contribution in [0.3, 0.4) is 0 Å². The monoisotopic (exact) mass is 852 g/mol. The summed E-state index contributed by atoms with van der Waals surface area (Å²) >= 11 is 0. The van der Waals surface area contributed by atoms with Gasteiger partial charge in [-0.2, -0.15) is 5.10 Å². The SMILES string of the molecule is CN(CC1CCC(n2cc(NC(=O)c3coc(-c4ccnc(CCC5CC5)c4)n3)c(C(F)F)n2)CC1)C1CCN(Cc2ccc3c(c2)n(C)c(=O)n3C2CCC(=O)NC2=O)CC1. The number of piperidine rings is 2. The lowest BCUT2D eigenvalue weighted by atomic mass is 9.85. The Hall–Kier alpha value is -5.55. The first-order valence-corrected chi connectivity index (χ1v) is 22.0. The Morgan fingerprint density at radius 3 is 2.50 bits per heavy atom. The van der Waals surface area contributed by atoms with Crippen LogP contribution in [-0.2, 0) is 29.6 Å². The molecule has 2 aliphatic carbocycles. The lowest BCUT2D eigenvalue weighted by Gasteiger charge is -2.39. The summed E-state index contributed by atoms with van der Waals surface area (Å²) in [5.41, 5.74) is 3.44. The van der Waals surface area contributed by atoms with Gasteiger partial charge in [-0.05, 0) is 120 Å². The van der Waals surface area contributed by atoms with Crippen molar-refractivity contribution < 1.29 is 27.6 Å². The third kappa shape index (κ3) is 9.00. The summed E-state index contributed by atoms with van der Waals surface area (Å²) in [4.78, 5) is 64.4. The number of fused-ring (bicyclic) bond motifs is 1. The Morgan fingerprint density at radius 1 is 0.984 bits per heavy atom. The molecule has 4 fully saturated rings. The van der Waals surface area contributed by atoms with Gasteiger partial charge in [0.1, 0.15) is 12.3 Å². The summed E-state index contributed by atoms with van der Waals surface area (Å²) in [5.74, 6) is 0.147. The number of amides is 3. The van der Waals surface area contributed by atoms with Gasteiger partial charge in [-0.1, -0.05) is 18.9 Å². The molecule has 0 spiro atoms. The van der Waals surface area contributed by atoms with Gasteiger partial charge in [-0.25, -0.2) is 18.6 Å². The summed E-state index contributed by atoms with van der Waals surface area (Å²) in [5, 5.41) is 9.25. The van der Waals surface area contributed by atoms with Crippen LogP contribution >= 0.6 is 0 Å². The molecule has 62 heavy (non-hydrogen) atoms. The fourth-order valence-electron chi connectivity index (χ4n) is 9.72. The van der Waals surface area contributed by atoms with Gasteiger partial charge in [0.25, 0.3) is 12.3 Å². The number of likely N-dealkylation sites (tertiary alicyclic amines) is 1. The minimum atomic E-state index is -2.86. The predicted octanol–water partition coefficient (Wildman–Crippen LogP) is 6.42. The molecule has 4 aliphatic rings. The highest BCUT2D eigenvalue weighted by Crippen LogP contribution is 2.37. The number of aromatic nitrogens is 6. The highest BCUT2D eigenvalue weighted by molar-refractivity contribution is 6.03. The molecule has 1 aromatic carbocycles. The number of aryl methyl sites for hydroxylation is 2. The molecule has 4 aromatic heterocycles. The van der Waals surface area contributed by atoms with Crippen LogP contribution in [0, 0.1) is 11.8 Å². The van der Waals surface area contributed by atoms with E-state index in [1.807, 2.05) is 24.3 Å². The van der Waals surface area contributed by atoms with E-state index < -0.39 is 30.0 Å². The number of carbonyl (C=O) groups excluding carboxylic acids is 3. The number of rotatable bonds is 14. The molecule has 15 nitrogen and oxygen atoms in total. The van der Waals surface area contributed by atoms with Crippen LogP contribution in [0.1, 0.15) is 117 Å². The Morgan fingerprint density at radius 2 is 1.76 bits per heavy atom. The van der Waals surface area contributed by atoms with E-state index in [4.69, 9.17) is 4.42 Å². The average Bonchev–Trinajstić information content (AvgIpc) is 3.68. The van der Waals surface area contributed by atoms with Crippen molar-refractivity contribution in [3.05, 3.63) is 82.1 Å². The second kappa shape index (κ2) is 17.7. The molecule has 17 heteroatoms. The van der Waals surface area contributed by atoms with Crippen molar-refractivity contribution in [2.24, 2.45) is 18.9 Å². The Kier molecular flexibility index (Phi) is 11.9. The molecule has 6 heterocycles. The Bertz CT molecular complexity index is 2510. The second-order valence-corrected chi connectivity index (χ2v) is 17.8. The van der Waals surface area contributed by atoms with Crippen LogP contribution in [0.2, 0.25) is 0 Å². The van der Waals surface area contributed by atoms with Gasteiger partial charge in [0.2, 0.25) is 17.7 Å². The van der Waals surface area contributed by atoms with Gasteiger partial charge in [-0.15, -0.1) is 0 Å². The van der Waals surface area contributed by atoms with Crippen LogP contribution in [0.25, 0.3) is 22.5 Å². The zero-order valence-electron chi connectivity index (χ0n) is 35.3. The zero-order valence-corrected chi connectivity index (χ0v) is 35.3. The van der Waals surface area contributed by atoms with E-state index in [0.717, 1.165) is 100 Å². The highest BCUT2D eigenvalue weighted by atomic mass is 19.3. The molecule has 328 valence electrons. The van der Waals surface area contributed by atoms with E-state index in [1.165, 1.54) is 29.9 Å². The fourth-order valence-corrected chi connectivity index (χ4v) is 9.72. The van der Waals surface area contributed by atoms with Crippen molar-refractivity contribution in [1.82, 2.24) is 44.0 Å². The van der Waals surface area contributed by atoms with Gasteiger partial charge in [0.05, 0.1) is 22.8 Å². The number of halogens is 2. The molecule has 0 bridgehead atoms. The highest BCUT2D eigenvalue weighted by Gasteiger charge is 2.33. The number of hydrogen-bond donors (Lipinski definition) is 2. The van der Waals surface area contributed by atoms with E-state index in [1.54, 1.807) is 28.6 Å². The zero-order chi connectivity index (χ0) is 43.1. The van der Waals surface area contributed by atoms with Crippen molar-refractivity contribution in [1.29, 1.82) is 0 Å². The van der Waals surface area contributed by atoms with E-state index >= 15 is 0 Å². The molecule has 2 saturated heterocycles. The third-order valence-electron chi connectivity index (χ3n) is 13.5. The molecule has 1 atom stereocenters. The summed E-state index contributed by atoms with van der Waals surface area (Å²) < 4.78 is 38.7. The predicted molar refractivity (Wildman–Crippen MR) is 226 cm³/mol. The number of nitrogens with zero attached hydrogens (tertiary/aromatic N) is 8. The maximum absolute atomic E-state index is 14.2. The first kappa shape index (κ1) is 41.8. The standard InChI is InChI=1S/C45H54F2N10O5/c1-53(32-16-19-55(20-17-32)24-29-8-12-36-38(21-29)54(2)45(61)57(36)37-13-14-39(58)51-43(37)60)23-28-6-10-33(11-7-28)56-25-34(40(52-56)41(46)47)49-42(59)35-26-62-44(50-35)30-15-18-48-31(22-30)9-5-27-3-4-27/h8,12,15,18,21-22,25-28,32-33,37,41H,3-7,9-11,13-14,16-17,19-20,23-24H2,1-2H3,(H,49,59)(H,51,58,60). The normalized spacial score (nSPS) is 21.6. The number of nitrogens with one attached hydrogen (secondary N) is 2. The van der Waals surface area contributed by atoms with Crippen molar-refractivity contribution in [2.75, 3.05) is 32.0 Å². The molecule has 1 unspecified atom stereocenters. The summed E-state index contributed by atoms with van der Waals surface area (Å²) in [6.07, 6.45) is 12.2. The number of imidazole rings is 1. The number of hydrogen-bond acceptors (Lipinski definition) is 10. The lowest BCUT2D eigenvalue weighted by molar-refractivity contribution is -0.135. The lowest BCUT2D eigenvalue weighted by Crippen LogP contribution is -2.44. The van der Waals surface area contributed by atoms with E-state index in [2.05, 4.69) is 42.5 Å². The van der Waals surface area contributed by atoms with Gasteiger partial charge >= 0.3 is 5.69 Å². The maximum atomic E-state index is 14.2. The summed E-state index contributed by atoms with van der Waals surface area (Å²) in [6.45, 7) is 3.62. The van der Waals surface area contributed by atoms with E-state index in [9.17, 15) is 28.0 Å². The number of pyridine rings is 1. The molecule has 9 rings (SSSR count). The van der Waals surface area contributed by atoms with Crippen LogP contribution < -0.4 is 16.3 Å². The van der Waals surface area contributed by atoms with Crippen molar-refractivity contribution in [3.8, 4) is 11.5 Å². The van der Waals surface area contributed by atoms with E-state index in [-0.39, 0.29) is 41.3 Å². The van der Waals surface area contributed by atoms with Crippen LogP contribution in [0.5, 0.6) is 0 Å². The van der Waals surface area contributed by atoms with Crippen molar-refractivity contribution in [3.63, 3.8) is 0 Å². The van der Waals surface area contributed by atoms with Crippen molar-refractivity contribution in [2.45, 2.75) is 108 Å². The van der Waals surface area contributed by atoms with Crippen molar-refractivity contribution >= 4 is 34.4 Å². The smallest absolute Gasteiger partial charge is 0.329 e. The number of carbonyl (C=O) groups is 3.